The number of cyclic esters (lactones) is 1. The molecule has 3 N–H and O–H groups in total. The van der Waals surface area contributed by atoms with Gasteiger partial charge in [0.1, 0.15) is 12.4 Å². The number of allylic oxidation sites excluding steroid dienone is 1. The Morgan fingerprint density at radius 3 is 2.63 bits per heavy atom. The van der Waals surface area contributed by atoms with Crippen LogP contribution in [0.5, 0.6) is 0 Å². The fourth-order valence-corrected chi connectivity index (χ4v) is 13.5. The van der Waals surface area contributed by atoms with Crippen molar-refractivity contribution >= 4 is 61.4 Å². The average Bonchev–Trinajstić information content (AvgIpc) is 3.52. The van der Waals surface area contributed by atoms with E-state index in [1.165, 1.54) is 58.0 Å². The summed E-state index contributed by atoms with van der Waals surface area (Å²) in [5.74, 6) is 2.61. The van der Waals surface area contributed by atoms with E-state index in [0.717, 1.165) is 83.4 Å². The standard InChI is InChI=1S/C47H59N9O3S/c1-29-33-11-10-18-56(42(33)54-53-41(29)52-44-50-36-12-6-7-13-37(36)60-44)38-15-14-34-39(35(48)25-58-43(57)40(34)51-38)30(2)49-24-32-22-46(4)26-45(3)21-31(32)23-47(27-45,28-46)59-20-19-55-16-8-5-9-17-55/h6-7,12-15,31-32,48-49H,5,8-11,16-28H2,1-4H3,(H,50,52,53)/b39-30-,48-35?. The van der Waals surface area contributed by atoms with Gasteiger partial charge in [-0.2, -0.15) is 0 Å². The lowest BCUT2D eigenvalue weighted by Crippen LogP contribution is -2.53. The predicted molar refractivity (Wildman–Crippen MR) is 238 cm³/mol. The molecule has 4 aromatic rings. The molecule has 7 aliphatic rings. The number of likely N-dealkylation sites (tertiary alicyclic amines) is 1. The van der Waals surface area contributed by atoms with Gasteiger partial charge in [-0.05, 0) is 138 Å². The molecule has 5 fully saturated rings. The van der Waals surface area contributed by atoms with Crippen LogP contribution in [0.25, 0.3) is 15.8 Å². The zero-order chi connectivity index (χ0) is 41.2. The van der Waals surface area contributed by atoms with E-state index in [9.17, 15) is 4.79 Å². The molecule has 1 saturated heterocycles. The number of fused-ring (bicyclic) bond motifs is 4. The Labute approximate surface area is 357 Å². The number of nitrogens with zero attached hydrogens (tertiary/aromatic N) is 6. The monoisotopic (exact) mass is 829 g/mol. The number of esters is 1. The Morgan fingerprint density at radius 1 is 0.983 bits per heavy atom. The summed E-state index contributed by atoms with van der Waals surface area (Å²) in [5, 5.41) is 26.5. The van der Waals surface area contributed by atoms with E-state index in [0.29, 0.717) is 46.6 Å². The van der Waals surface area contributed by atoms with E-state index < -0.39 is 5.97 Å². The van der Waals surface area contributed by atoms with E-state index >= 15 is 0 Å². The Kier molecular flexibility index (Phi) is 10.2. The van der Waals surface area contributed by atoms with Crippen LogP contribution in [-0.4, -0.2) is 88.3 Å². The van der Waals surface area contributed by atoms with Crippen molar-refractivity contribution < 1.29 is 14.3 Å². The number of para-hydroxylation sites is 1. The van der Waals surface area contributed by atoms with Crippen LogP contribution in [0.2, 0.25) is 0 Å². The van der Waals surface area contributed by atoms with Gasteiger partial charge in [-0.25, -0.2) is 14.8 Å². The highest BCUT2D eigenvalue weighted by molar-refractivity contribution is 7.22. The van der Waals surface area contributed by atoms with E-state index in [-0.39, 0.29) is 29.0 Å². The minimum atomic E-state index is -0.516. The highest BCUT2D eigenvalue weighted by Gasteiger charge is 2.60. The normalized spacial score (nSPS) is 29.8. The van der Waals surface area contributed by atoms with Crippen LogP contribution in [0.4, 0.5) is 22.6 Å². The largest absolute Gasteiger partial charge is 0.454 e. The maximum Gasteiger partial charge on any atom is 0.358 e. The Balaban J connectivity index is 0.878. The Bertz CT molecular complexity index is 2340. The summed E-state index contributed by atoms with van der Waals surface area (Å²) in [7, 11) is 0. The lowest BCUT2D eigenvalue weighted by Gasteiger charge is -2.56. The molecule has 5 unspecified atom stereocenters. The molecule has 4 bridgehead atoms. The zero-order valence-corrected chi connectivity index (χ0v) is 36.5. The van der Waals surface area contributed by atoms with E-state index in [1.807, 2.05) is 37.3 Å². The van der Waals surface area contributed by atoms with E-state index in [2.05, 4.69) is 52.4 Å². The van der Waals surface area contributed by atoms with Crippen LogP contribution in [0.15, 0.2) is 42.1 Å². The van der Waals surface area contributed by atoms with Crippen LogP contribution >= 0.6 is 11.3 Å². The molecule has 13 heteroatoms. The van der Waals surface area contributed by atoms with Gasteiger partial charge in [-0.3, -0.25) is 0 Å². The summed E-state index contributed by atoms with van der Waals surface area (Å²) in [6, 6.07) is 12.0. The number of aromatic nitrogens is 4. The number of thiazole rings is 1. The van der Waals surface area contributed by atoms with Crippen molar-refractivity contribution in [2.45, 2.75) is 104 Å². The number of nitrogens with one attached hydrogen (secondary N) is 3. The maximum absolute atomic E-state index is 13.6. The van der Waals surface area contributed by atoms with Crippen molar-refractivity contribution in [3.8, 4) is 0 Å². The quantitative estimate of drug-likeness (QED) is 0.132. The lowest BCUT2D eigenvalue weighted by molar-refractivity contribution is -0.166. The summed E-state index contributed by atoms with van der Waals surface area (Å²) in [6.45, 7) is 14.9. The average molecular weight is 830 g/mol. The minimum Gasteiger partial charge on any atom is -0.454 e. The predicted octanol–water partition coefficient (Wildman–Crippen LogP) is 9.00. The fraction of sp³-hybridized carbons (Fsp3) is 0.574. The first-order chi connectivity index (χ1) is 29.0. The summed E-state index contributed by atoms with van der Waals surface area (Å²) < 4.78 is 13.8. The molecule has 1 aromatic carbocycles. The van der Waals surface area contributed by atoms with Gasteiger partial charge < -0.3 is 35.3 Å². The lowest BCUT2D eigenvalue weighted by atomic mass is 9.53. The number of benzene rings is 1. The topological polar surface area (TPSA) is 141 Å². The number of rotatable bonds is 10. The third-order valence-corrected chi connectivity index (χ3v) is 15.6. The van der Waals surface area contributed by atoms with Gasteiger partial charge in [0.05, 0.1) is 28.1 Å². The summed E-state index contributed by atoms with van der Waals surface area (Å²) in [4.78, 5) is 28.0. The van der Waals surface area contributed by atoms with Crippen LogP contribution in [-0.2, 0) is 15.9 Å². The maximum atomic E-state index is 13.6. The summed E-state index contributed by atoms with van der Waals surface area (Å²) >= 11 is 1.59. The first-order valence-electron chi connectivity index (χ1n) is 22.3. The van der Waals surface area contributed by atoms with Crippen LogP contribution < -0.4 is 15.5 Å². The molecule has 5 atom stereocenters. The van der Waals surface area contributed by atoms with Gasteiger partial charge in [-0.15, -0.1) is 10.2 Å². The molecule has 0 radical (unpaired) electrons. The molecule has 11 rings (SSSR count). The molecule has 4 aliphatic carbocycles. The van der Waals surface area contributed by atoms with Crippen LogP contribution in [0.1, 0.15) is 112 Å². The number of carbonyl (C=O) groups is 1. The molecule has 60 heavy (non-hydrogen) atoms. The van der Waals surface area contributed by atoms with E-state index in [4.69, 9.17) is 29.9 Å². The first kappa shape index (κ1) is 39.7. The fourth-order valence-electron chi connectivity index (χ4n) is 12.6. The number of hydrogen-bond donors (Lipinski definition) is 3. The second-order valence-electron chi connectivity index (χ2n) is 19.6. The molecule has 0 amide bonds. The number of pyridine rings is 1. The van der Waals surface area contributed by atoms with Gasteiger partial charge in [0.2, 0.25) is 0 Å². The van der Waals surface area contributed by atoms with Gasteiger partial charge in [-0.1, -0.05) is 43.7 Å². The van der Waals surface area contributed by atoms with Crippen molar-refractivity contribution in [1.82, 2.24) is 30.4 Å². The molecular weight excluding hydrogens is 771 g/mol. The smallest absolute Gasteiger partial charge is 0.358 e. The van der Waals surface area contributed by atoms with Crippen molar-refractivity contribution in [3.63, 3.8) is 0 Å². The summed E-state index contributed by atoms with van der Waals surface area (Å²) in [5.41, 5.74) is 6.32. The number of anilines is 4. The molecule has 3 aliphatic heterocycles. The highest BCUT2D eigenvalue weighted by atomic mass is 32.1. The van der Waals surface area contributed by atoms with Gasteiger partial charge in [0.25, 0.3) is 0 Å². The van der Waals surface area contributed by atoms with Gasteiger partial charge >= 0.3 is 5.97 Å². The number of hydrogen-bond acceptors (Lipinski definition) is 13. The minimum absolute atomic E-state index is 0.0262. The highest BCUT2D eigenvalue weighted by Crippen LogP contribution is 2.66. The van der Waals surface area contributed by atoms with Crippen molar-refractivity contribution in [1.29, 1.82) is 5.41 Å². The van der Waals surface area contributed by atoms with Gasteiger partial charge in [0.15, 0.2) is 22.5 Å². The van der Waals surface area contributed by atoms with Gasteiger partial charge in [0, 0.05) is 47.6 Å². The van der Waals surface area contributed by atoms with Crippen LogP contribution in [0, 0.1) is 35.0 Å². The number of ether oxygens (including phenoxy) is 2. The second kappa shape index (κ2) is 15.5. The molecule has 6 heterocycles. The third kappa shape index (κ3) is 7.48. The van der Waals surface area contributed by atoms with E-state index in [1.54, 1.807) is 11.3 Å². The van der Waals surface area contributed by atoms with Crippen molar-refractivity contribution in [2.75, 3.05) is 56.2 Å². The molecular formula is C47H59N9O3S. The third-order valence-electron chi connectivity index (χ3n) is 14.6. The van der Waals surface area contributed by atoms with Crippen molar-refractivity contribution in [2.24, 2.45) is 22.7 Å². The zero-order valence-electron chi connectivity index (χ0n) is 35.7. The SMILES string of the molecule is C/C(NCC1CC2(C)CC3(C)CC1CC(OCCN1CCCCC1)(C2)C3)=C1/C(=N)COC(=O)c2nc(N3CCCc4c3nnc(Nc3nc5ccccc5s3)c4C)ccc21. The molecule has 0 spiro atoms. The second-order valence-corrected chi connectivity index (χ2v) is 20.6. The Morgan fingerprint density at radius 2 is 1.80 bits per heavy atom. The van der Waals surface area contributed by atoms with Crippen LogP contribution in [0.3, 0.4) is 0 Å². The first-order valence-corrected chi connectivity index (χ1v) is 23.1. The summed E-state index contributed by atoms with van der Waals surface area (Å²) in [6.07, 6.45) is 12.9. The number of carbonyl (C=O) groups excluding carboxylic acids is 1. The molecule has 316 valence electrons. The molecule has 4 saturated carbocycles. The molecule has 3 aromatic heterocycles. The number of piperidine rings is 1. The van der Waals surface area contributed by atoms with Crippen molar-refractivity contribution in [3.05, 3.63) is 64.5 Å². The molecule has 12 nitrogen and oxygen atoms in total. The Hall–Kier alpha value is -4.46.